The van der Waals surface area contributed by atoms with Crippen molar-refractivity contribution in [2.45, 2.75) is 70.4 Å². The molecule has 25 heavy (non-hydrogen) atoms. The standard InChI is InChI=1S/C19H25N5O/c1-13-11-20-12-18(21-13)22-15-6-8-16(9-7-15)24-19(25)10-14-4-2-3-5-17(14)23-24/h10-12,15-16H,2-9H2,1H3,(H,21,22). The van der Waals surface area contributed by atoms with E-state index in [1.54, 1.807) is 17.1 Å². The minimum absolute atomic E-state index is 0.0709. The van der Waals surface area contributed by atoms with Gasteiger partial charge < -0.3 is 5.32 Å². The molecule has 1 N–H and O–H groups in total. The van der Waals surface area contributed by atoms with Crippen LogP contribution in [-0.2, 0) is 12.8 Å². The maximum absolute atomic E-state index is 12.5. The fourth-order valence-corrected chi connectivity index (χ4v) is 4.05. The molecule has 2 aliphatic rings. The van der Waals surface area contributed by atoms with Crippen molar-refractivity contribution in [1.82, 2.24) is 19.7 Å². The summed E-state index contributed by atoms with van der Waals surface area (Å²) < 4.78 is 1.76. The van der Waals surface area contributed by atoms with Crippen LogP contribution in [0.25, 0.3) is 0 Å². The largest absolute Gasteiger partial charge is 0.366 e. The first kappa shape index (κ1) is 16.2. The molecule has 0 unspecified atom stereocenters. The third kappa shape index (κ3) is 3.57. The van der Waals surface area contributed by atoms with Gasteiger partial charge in [-0.15, -0.1) is 0 Å². The Morgan fingerprint density at radius 1 is 1.12 bits per heavy atom. The molecule has 2 aromatic heterocycles. The summed E-state index contributed by atoms with van der Waals surface area (Å²) in [6.07, 6.45) is 11.9. The second kappa shape index (κ2) is 6.94. The molecule has 0 spiro atoms. The number of nitrogens with zero attached hydrogens (tertiary/aromatic N) is 4. The summed E-state index contributed by atoms with van der Waals surface area (Å²) >= 11 is 0. The molecule has 6 nitrogen and oxygen atoms in total. The molecule has 132 valence electrons. The number of fused-ring (bicyclic) bond motifs is 1. The second-order valence-electron chi connectivity index (χ2n) is 7.30. The normalized spacial score (nSPS) is 23.1. The van der Waals surface area contributed by atoms with Gasteiger partial charge in [0.15, 0.2) is 0 Å². The lowest BCUT2D eigenvalue weighted by Gasteiger charge is -2.30. The lowest BCUT2D eigenvalue weighted by Crippen LogP contribution is -2.34. The molecule has 0 aliphatic heterocycles. The smallest absolute Gasteiger partial charge is 0.267 e. The van der Waals surface area contributed by atoms with Crippen molar-refractivity contribution in [3.63, 3.8) is 0 Å². The van der Waals surface area contributed by atoms with Crippen LogP contribution in [-0.4, -0.2) is 25.8 Å². The van der Waals surface area contributed by atoms with Gasteiger partial charge in [-0.3, -0.25) is 9.78 Å². The van der Waals surface area contributed by atoms with Gasteiger partial charge in [-0.1, -0.05) is 0 Å². The SMILES string of the molecule is Cc1cncc(NC2CCC(n3nc4c(cc3=O)CCCC4)CC2)n1. The van der Waals surface area contributed by atoms with Crippen molar-refractivity contribution in [1.29, 1.82) is 0 Å². The number of anilines is 1. The zero-order valence-electron chi connectivity index (χ0n) is 14.7. The summed E-state index contributed by atoms with van der Waals surface area (Å²) in [5, 5.41) is 8.20. The molecule has 0 saturated heterocycles. The highest BCUT2D eigenvalue weighted by Crippen LogP contribution is 2.29. The average molecular weight is 339 g/mol. The maximum atomic E-state index is 12.5. The molecule has 0 radical (unpaired) electrons. The molecule has 0 amide bonds. The first-order chi connectivity index (χ1) is 12.2. The van der Waals surface area contributed by atoms with Gasteiger partial charge in [0.1, 0.15) is 5.82 Å². The van der Waals surface area contributed by atoms with E-state index in [4.69, 9.17) is 5.10 Å². The van der Waals surface area contributed by atoms with E-state index in [0.29, 0.717) is 6.04 Å². The fraction of sp³-hybridized carbons (Fsp3) is 0.579. The average Bonchev–Trinajstić information content (AvgIpc) is 2.62. The number of nitrogens with one attached hydrogen (secondary N) is 1. The summed E-state index contributed by atoms with van der Waals surface area (Å²) in [5.74, 6) is 0.840. The van der Waals surface area contributed by atoms with Gasteiger partial charge in [-0.25, -0.2) is 9.67 Å². The monoisotopic (exact) mass is 339 g/mol. The van der Waals surface area contributed by atoms with Crippen LogP contribution in [0.5, 0.6) is 0 Å². The summed E-state index contributed by atoms with van der Waals surface area (Å²) in [4.78, 5) is 21.1. The first-order valence-electron chi connectivity index (χ1n) is 9.36. The van der Waals surface area contributed by atoms with Gasteiger partial charge in [0, 0.05) is 18.3 Å². The molecule has 2 aliphatic carbocycles. The minimum atomic E-state index is 0.0709. The Kier molecular flexibility index (Phi) is 4.51. The molecule has 2 aromatic rings. The maximum Gasteiger partial charge on any atom is 0.267 e. The zero-order valence-corrected chi connectivity index (χ0v) is 14.7. The van der Waals surface area contributed by atoms with Gasteiger partial charge in [-0.2, -0.15) is 5.10 Å². The van der Waals surface area contributed by atoms with Crippen molar-refractivity contribution in [2.75, 3.05) is 5.32 Å². The van der Waals surface area contributed by atoms with Gasteiger partial charge in [0.2, 0.25) is 0 Å². The fourth-order valence-electron chi connectivity index (χ4n) is 4.05. The molecular weight excluding hydrogens is 314 g/mol. The van der Waals surface area contributed by atoms with E-state index >= 15 is 0 Å². The van der Waals surface area contributed by atoms with Gasteiger partial charge in [0.25, 0.3) is 5.56 Å². The van der Waals surface area contributed by atoms with E-state index in [1.165, 1.54) is 18.4 Å². The molecule has 0 aromatic carbocycles. The Morgan fingerprint density at radius 2 is 1.92 bits per heavy atom. The predicted octanol–water partition coefficient (Wildman–Crippen LogP) is 2.82. The van der Waals surface area contributed by atoms with Gasteiger partial charge in [-0.05, 0) is 63.9 Å². The van der Waals surface area contributed by atoms with Crippen LogP contribution in [0.4, 0.5) is 5.82 Å². The Bertz CT molecular complexity index is 808. The Hall–Kier alpha value is -2.24. The quantitative estimate of drug-likeness (QED) is 0.931. The summed E-state index contributed by atoms with van der Waals surface area (Å²) in [7, 11) is 0. The van der Waals surface area contributed by atoms with E-state index in [1.807, 2.05) is 13.0 Å². The molecule has 1 fully saturated rings. The number of rotatable bonds is 3. The molecule has 2 heterocycles. The molecular formula is C19H25N5O. The number of hydrogen-bond acceptors (Lipinski definition) is 5. The number of aromatic nitrogens is 4. The van der Waals surface area contributed by atoms with E-state index in [-0.39, 0.29) is 11.6 Å². The summed E-state index contributed by atoms with van der Waals surface area (Å²) in [6.45, 7) is 1.95. The first-order valence-corrected chi connectivity index (χ1v) is 9.36. The van der Waals surface area contributed by atoms with Crippen LogP contribution in [0, 0.1) is 6.92 Å². The van der Waals surface area contributed by atoms with Crippen LogP contribution in [0.3, 0.4) is 0 Å². The van der Waals surface area contributed by atoms with Crippen LogP contribution in [0.15, 0.2) is 23.3 Å². The minimum Gasteiger partial charge on any atom is -0.366 e. The van der Waals surface area contributed by atoms with Crippen LogP contribution < -0.4 is 10.9 Å². The topological polar surface area (TPSA) is 72.7 Å². The van der Waals surface area contributed by atoms with E-state index in [2.05, 4.69) is 15.3 Å². The zero-order chi connectivity index (χ0) is 17.2. The molecule has 0 bridgehead atoms. The van der Waals surface area contributed by atoms with Crippen molar-refractivity contribution >= 4 is 5.82 Å². The second-order valence-corrected chi connectivity index (χ2v) is 7.30. The Balaban J connectivity index is 1.43. The summed E-state index contributed by atoms with van der Waals surface area (Å²) in [6, 6.07) is 2.44. The lowest BCUT2D eigenvalue weighted by molar-refractivity contribution is 0.300. The highest BCUT2D eigenvalue weighted by molar-refractivity contribution is 5.33. The van der Waals surface area contributed by atoms with Crippen molar-refractivity contribution < 1.29 is 0 Å². The summed E-state index contributed by atoms with van der Waals surface area (Å²) in [5.41, 5.74) is 3.30. The van der Waals surface area contributed by atoms with Crippen molar-refractivity contribution in [3.8, 4) is 0 Å². The Labute approximate surface area is 147 Å². The van der Waals surface area contributed by atoms with Crippen LogP contribution in [0.1, 0.15) is 61.5 Å². The predicted molar refractivity (Wildman–Crippen MR) is 96.8 cm³/mol. The molecule has 4 rings (SSSR count). The third-order valence-electron chi connectivity index (χ3n) is 5.38. The number of aryl methyl sites for hydroxylation is 3. The highest BCUT2D eigenvalue weighted by Gasteiger charge is 2.25. The van der Waals surface area contributed by atoms with E-state index in [0.717, 1.165) is 55.7 Å². The van der Waals surface area contributed by atoms with Crippen LogP contribution >= 0.6 is 0 Å². The highest BCUT2D eigenvalue weighted by atomic mass is 16.1. The molecule has 6 heteroatoms. The van der Waals surface area contributed by atoms with E-state index < -0.39 is 0 Å². The Morgan fingerprint density at radius 3 is 2.72 bits per heavy atom. The lowest BCUT2D eigenvalue weighted by atomic mass is 9.91. The van der Waals surface area contributed by atoms with Crippen molar-refractivity contribution in [2.24, 2.45) is 0 Å². The third-order valence-corrected chi connectivity index (χ3v) is 5.38. The molecule has 1 saturated carbocycles. The van der Waals surface area contributed by atoms with Gasteiger partial charge >= 0.3 is 0 Å². The van der Waals surface area contributed by atoms with Gasteiger partial charge in [0.05, 0.1) is 23.6 Å². The number of hydrogen-bond donors (Lipinski definition) is 1. The van der Waals surface area contributed by atoms with Crippen LogP contribution in [0.2, 0.25) is 0 Å². The van der Waals surface area contributed by atoms with E-state index in [9.17, 15) is 4.79 Å². The van der Waals surface area contributed by atoms with Crippen molar-refractivity contribution in [3.05, 3.63) is 45.8 Å². The molecule has 0 atom stereocenters.